The van der Waals surface area contributed by atoms with Crippen LogP contribution in [0, 0.1) is 5.41 Å². The van der Waals surface area contributed by atoms with Crippen molar-refractivity contribution in [2.24, 2.45) is 5.41 Å². The van der Waals surface area contributed by atoms with Gasteiger partial charge in [-0.2, -0.15) is 0 Å². The Morgan fingerprint density at radius 3 is 2.76 bits per heavy atom. The predicted molar refractivity (Wildman–Crippen MR) is 68.1 cm³/mol. The van der Waals surface area contributed by atoms with Crippen LogP contribution in [0.3, 0.4) is 0 Å². The number of nitrogen functional groups attached to an aromatic ring is 1. The fourth-order valence-electron chi connectivity index (χ4n) is 1.83. The summed E-state index contributed by atoms with van der Waals surface area (Å²) in [5.41, 5.74) is 7.71. The molecule has 0 unspecified atom stereocenters. The van der Waals surface area contributed by atoms with Crippen LogP contribution >= 0.6 is 0 Å². The monoisotopic (exact) mass is 234 g/mol. The van der Waals surface area contributed by atoms with E-state index in [1.54, 1.807) is 12.1 Å². The molecule has 1 aromatic carbocycles. The quantitative estimate of drug-likeness (QED) is 0.535. The Hall–Kier alpha value is -1.55. The first kappa shape index (κ1) is 11.9. The molecule has 1 aliphatic rings. The zero-order valence-corrected chi connectivity index (χ0v) is 9.99. The summed E-state index contributed by atoms with van der Waals surface area (Å²) in [5.74, 6) is -0.0329. The van der Waals surface area contributed by atoms with E-state index in [0.717, 1.165) is 25.1 Å². The number of aliphatic hydroxyl groups is 1. The van der Waals surface area contributed by atoms with Crippen LogP contribution in [0.2, 0.25) is 0 Å². The van der Waals surface area contributed by atoms with Gasteiger partial charge < -0.3 is 16.2 Å². The minimum Gasteiger partial charge on any atom is -0.398 e. The Balaban J connectivity index is 2.06. The third-order valence-electron chi connectivity index (χ3n) is 3.39. The van der Waals surface area contributed by atoms with E-state index in [0.29, 0.717) is 11.3 Å². The lowest BCUT2D eigenvalue weighted by Gasteiger charge is -2.14. The van der Waals surface area contributed by atoms with Crippen molar-refractivity contribution in [2.45, 2.75) is 19.8 Å². The topological polar surface area (TPSA) is 75.3 Å². The number of rotatable bonds is 5. The zero-order valence-electron chi connectivity index (χ0n) is 9.99. The van der Waals surface area contributed by atoms with E-state index >= 15 is 0 Å². The van der Waals surface area contributed by atoms with Gasteiger partial charge in [-0.15, -0.1) is 0 Å². The second-order valence-electron chi connectivity index (χ2n) is 4.87. The van der Waals surface area contributed by atoms with E-state index in [4.69, 9.17) is 5.73 Å². The minimum atomic E-state index is -0.0329. The molecule has 0 heterocycles. The number of hydrogen-bond acceptors (Lipinski definition) is 4. The molecule has 0 saturated heterocycles. The van der Waals surface area contributed by atoms with E-state index in [1.807, 2.05) is 6.07 Å². The number of Topliss-reactive ketones (excluding diaryl/α,β-unsaturated/α-hetero) is 1. The summed E-state index contributed by atoms with van der Waals surface area (Å²) in [5, 5.41) is 12.5. The smallest absolute Gasteiger partial charge is 0.161 e. The maximum absolute atomic E-state index is 11.3. The molecule has 2 rings (SSSR count). The van der Waals surface area contributed by atoms with Crippen molar-refractivity contribution < 1.29 is 9.90 Å². The lowest BCUT2D eigenvalue weighted by molar-refractivity contribution is 0.101. The Morgan fingerprint density at radius 2 is 2.24 bits per heavy atom. The second kappa shape index (κ2) is 4.37. The number of nitrogens with two attached hydrogens (primary N) is 1. The summed E-state index contributed by atoms with van der Waals surface area (Å²) >= 11 is 0. The Labute approximate surface area is 101 Å². The molecular weight excluding hydrogens is 216 g/mol. The molecule has 4 heteroatoms. The van der Waals surface area contributed by atoms with Crippen molar-refractivity contribution in [3.05, 3.63) is 23.8 Å². The van der Waals surface area contributed by atoms with Gasteiger partial charge >= 0.3 is 0 Å². The molecule has 0 atom stereocenters. The van der Waals surface area contributed by atoms with Gasteiger partial charge in [0.2, 0.25) is 0 Å². The fraction of sp³-hybridized carbons (Fsp3) is 0.462. The maximum atomic E-state index is 11.3. The van der Waals surface area contributed by atoms with Crippen LogP contribution in [-0.2, 0) is 0 Å². The normalized spacial score (nSPS) is 16.6. The molecule has 4 N–H and O–H groups in total. The number of benzene rings is 1. The SMILES string of the molecule is CC(=O)c1cc(NCC2(CO)CC2)ccc1N. The molecule has 0 bridgehead atoms. The highest BCUT2D eigenvalue weighted by atomic mass is 16.3. The summed E-state index contributed by atoms with van der Waals surface area (Å²) in [6.07, 6.45) is 2.12. The summed E-state index contributed by atoms with van der Waals surface area (Å²) < 4.78 is 0. The van der Waals surface area contributed by atoms with Gasteiger partial charge in [-0.1, -0.05) is 0 Å². The Bertz CT molecular complexity index is 439. The van der Waals surface area contributed by atoms with E-state index < -0.39 is 0 Å². The van der Waals surface area contributed by atoms with Crippen molar-refractivity contribution in [1.82, 2.24) is 0 Å². The molecule has 1 saturated carbocycles. The summed E-state index contributed by atoms with van der Waals surface area (Å²) in [6.45, 7) is 2.46. The van der Waals surface area contributed by atoms with Crippen molar-refractivity contribution in [3.8, 4) is 0 Å². The van der Waals surface area contributed by atoms with Gasteiger partial charge in [0, 0.05) is 28.9 Å². The van der Waals surface area contributed by atoms with Crippen molar-refractivity contribution in [3.63, 3.8) is 0 Å². The molecule has 1 aliphatic carbocycles. The van der Waals surface area contributed by atoms with E-state index in [1.165, 1.54) is 6.92 Å². The summed E-state index contributed by atoms with van der Waals surface area (Å²) in [6, 6.07) is 5.36. The van der Waals surface area contributed by atoms with E-state index in [2.05, 4.69) is 5.32 Å². The van der Waals surface area contributed by atoms with E-state index in [9.17, 15) is 9.90 Å². The van der Waals surface area contributed by atoms with Crippen LogP contribution in [0.1, 0.15) is 30.1 Å². The van der Waals surface area contributed by atoms with Gasteiger partial charge in [0.25, 0.3) is 0 Å². The molecule has 0 aromatic heterocycles. The first-order chi connectivity index (χ1) is 8.06. The van der Waals surface area contributed by atoms with Gasteiger partial charge in [0.1, 0.15) is 0 Å². The molecule has 0 radical (unpaired) electrons. The summed E-state index contributed by atoms with van der Waals surface area (Å²) in [7, 11) is 0. The molecule has 92 valence electrons. The van der Waals surface area contributed by atoms with Gasteiger partial charge in [-0.3, -0.25) is 4.79 Å². The predicted octanol–water partition coefficient (Wildman–Crippen LogP) is 1.66. The molecule has 17 heavy (non-hydrogen) atoms. The van der Waals surface area contributed by atoms with Crippen LogP contribution in [0.4, 0.5) is 11.4 Å². The number of ketones is 1. The van der Waals surface area contributed by atoms with Crippen molar-refractivity contribution in [2.75, 3.05) is 24.2 Å². The molecule has 0 spiro atoms. The number of anilines is 2. The number of carbonyl (C=O) groups is 1. The zero-order chi connectivity index (χ0) is 12.5. The van der Waals surface area contributed by atoms with Gasteiger partial charge in [-0.25, -0.2) is 0 Å². The average molecular weight is 234 g/mol. The maximum Gasteiger partial charge on any atom is 0.161 e. The molecule has 0 amide bonds. The fourth-order valence-corrected chi connectivity index (χ4v) is 1.83. The number of nitrogens with one attached hydrogen (secondary N) is 1. The van der Waals surface area contributed by atoms with E-state index in [-0.39, 0.29) is 17.8 Å². The molecule has 1 aromatic rings. The van der Waals surface area contributed by atoms with Crippen LogP contribution in [0.5, 0.6) is 0 Å². The Kier molecular flexibility index (Phi) is 3.07. The third-order valence-corrected chi connectivity index (χ3v) is 3.39. The third kappa shape index (κ3) is 2.58. The largest absolute Gasteiger partial charge is 0.398 e. The van der Waals surface area contributed by atoms with Gasteiger partial charge in [-0.05, 0) is 38.0 Å². The lowest BCUT2D eigenvalue weighted by Crippen LogP contribution is -2.19. The standard InChI is InChI=1S/C13H18N2O2/c1-9(17)11-6-10(2-3-12(11)14)15-7-13(8-16)4-5-13/h2-3,6,15-16H,4-5,7-8,14H2,1H3. The highest BCUT2D eigenvalue weighted by Gasteiger charge is 2.41. The van der Waals surface area contributed by atoms with Crippen LogP contribution in [-0.4, -0.2) is 24.0 Å². The minimum absolute atomic E-state index is 0.0329. The van der Waals surface area contributed by atoms with Crippen LogP contribution in [0.15, 0.2) is 18.2 Å². The number of aliphatic hydroxyl groups excluding tert-OH is 1. The number of carbonyl (C=O) groups excluding carboxylic acids is 1. The average Bonchev–Trinajstić information content (AvgIpc) is 3.08. The second-order valence-corrected chi connectivity index (χ2v) is 4.87. The molecule has 1 fully saturated rings. The number of hydrogen-bond donors (Lipinski definition) is 3. The van der Waals surface area contributed by atoms with Crippen molar-refractivity contribution in [1.29, 1.82) is 0 Å². The van der Waals surface area contributed by atoms with Gasteiger partial charge in [0.05, 0.1) is 6.61 Å². The molecular formula is C13H18N2O2. The first-order valence-corrected chi connectivity index (χ1v) is 5.81. The summed E-state index contributed by atoms with van der Waals surface area (Å²) in [4.78, 5) is 11.3. The Morgan fingerprint density at radius 1 is 1.53 bits per heavy atom. The molecule has 4 nitrogen and oxygen atoms in total. The van der Waals surface area contributed by atoms with Crippen molar-refractivity contribution >= 4 is 17.2 Å². The first-order valence-electron chi connectivity index (χ1n) is 5.81. The molecule has 0 aliphatic heterocycles. The van der Waals surface area contributed by atoms with Crippen LogP contribution < -0.4 is 11.1 Å². The highest BCUT2D eigenvalue weighted by Crippen LogP contribution is 2.44. The highest BCUT2D eigenvalue weighted by molar-refractivity contribution is 6.00. The van der Waals surface area contributed by atoms with Crippen LogP contribution in [0.25, 0.3) is 0 Å². The van der Waals surface area contributed by atoms with Gasteiger partial charge in [0.15, 0.2) is 5.78 Å². The lowest BCUT2D eigenvalue weighted by atomic mass is 10.1.